The summed E-state index contributed by atoms with van der Waals surface area (Å²) in [6.45, 7) is 3.62. The summed E-state index contributed by atoms with van der Waals surface area (Å²) in [5.74, 6) is 1.88. The van der Waals surface area contributed by atoms with Gasteiger partial charge in [-0.05, 0) is 19.4 Å². The van der Waals surface area contributed by atoms with Gasteiger partial charge in [0.15, 0.2) is 0 Å². The van der Waals surface area contributed by atoms with Crippen molar-refractivity contribution in [1.29, 1.82) is 0 Å². The lowest BCUT2D eigenvalue weighted by Gasteiger charge is -2.45. The Hall–Kier alpha value is -1.01. The Morgan fingerprint density at radius 1 is 1.29 bits per heavy atom. The van der Waals surface area contributed by atoms with Crippen molar-refractivity contribution in [2.45, 2.75) is 30.7 Å². The minimum Gasteiger partial charge on any atom is -0.334 e. The predicted molar refractivity (Wildman–Crippen MR) is 81.8 cm³/mol. The first-order chi connectivity index (χ1) is 10.2. The number of carbonyl (C=O) groups excluding carboxylic acids is 2. The van der Waals surface area contributed by atoms with Gasteiger partial charge in [0.05, 0.1) is 11.8 Å². The normalized spacial score (nSPS) is 38.1. The van der Waals surface area contributed by atoms with Crippen molar-refractivity contribution in [3.8, 4) is 0 Å². The molecule has 2 amide bonds. The lowest BCUT2D eigenvalue weighted by Crippen LogP contribution is -2.55. The number of nitrogens with one attached hydrogen (secondary N) is 1. The molecule has 0 aromatic rings. The molecule has 0 aromatic heterocycles. The first-order valence-corrected chi connectivity index (χ1v) is 8.90. The van der Waals surface area contributed by atoms with Crippen molar-refractivity contribution in [1.82, 2.24) is 15.1 Å². The van der Waals surface area contributed by atoms with Gasteiger partial charge in [-0.2, -0.15) is 0 Å². The van der Waals surface area contributed by atoms with E-state index in [1.165, 1.54) is 0 Å². The highest BCUT2D eigenvalue weighted by molar-refractivity contribution is 8.00. The molecule has 0 bridgehead atoms. The summed E-state index contributed by atoms with van der Waals surface area (Å²) < 4.78 is 0. The maximum absolute atomic E-state index is 12.5. The Labute approximate surface area is 129 Å². The predicted octanol–water partition coefficient (Wildman–Crippen LogP) is 0.428. The molecule has 4 aliphatic rings. The fourth-order valence-corrected chi connectivity index (χ4v) is 5.08. The molecule has 0 radical (unpaired) electrons. The van der Waals surface area contributed by atoms with Crippen molar-refractivity contribution < 1.29 is 9.59 Å². The van der Waals surface area contributed by atoms with E-state index in [0.29, 0.717) is 23.8 Å². The zero-order valence-corrected chi connectivity index (χ0v) is 12.9. The molecule has 0 aliphatic carbocycles. The van der Waals surface area contributed by atoms with E-state index >= 15 is 0 Å². The summed E-state index contributed by atoms with van der Waals surface area (Å²) in [6.07, 6.45) is 4.80. The summed E-state index contributed by atoms with van der Waals surface area (Å²) in [5.41, 5.74) is 0.971. The molecular weight excluding hydrogens is 286 g/mol. The molecule has 4 fully saturated rings. The van der Waals surface area contributed by atoms with E-state index in [0.717, 1.165) is 50.3 Å². The van der Waals surface area contributed by atoms with Crippen LogP contribution in [0.5, 0.6) is 0 Å². The number of fused-ring (bicyclic) bond motifs is 1. The van der Waals surface area contributed by atoms with Crippen LogP contribution in [0, 0.1) is 5.92 Å². The third-order valence-electron chi connectivity index (χ3n) is 5.02. The number of amides is 2. The van der Waals surface area contributed by atoms with Crippen LogP contribution in [0.4, 0.5) is 0 Å². The fraction of sp³-hybridized carbons (Fsp3) is 0.733. The van der Waals surface area contributed by atoms with E-state index in [1.807, 2.05) is 21.6 Å². The molecule has 4 heterocycles. The second-order valence-electron chi connectivity index (χ2n) is 6.39. The summed E-state index contributed by atoms with van der Waals surface area (Å²) in [7, 11) is 0. The van der Waals surface area contributed by atoms with Crippen molar-refractivity contribution in [3.63, 3.8) is 0 Å². The van der Waals surface area contributed by atoms with Crippen molar-refractivity contribution in [3.05, 3.63) is 11.6 Å². The lowest BCUT2D eigenvalue weighted by molar-refractivity contribution is -0.142. The highest BCUT2D eigenvalue weighted by Crippen LogP contribution is 2.37. The van der Waals surface area contributed by atoms with Gasteiger partial charge in [0.2, 0.25) is 11.8 Å². The van der Waals surface area contributed by atoms with Gasteiger partial charge in [0, 0.05) is 42.9 Å². The van der Waals surface area contributed by atoms with Crippen LogP contribution in [-0.2, 0) is 9.59 Å². The number of β-lactam (4-membered cyclic amide) rings is 1. The van der Waals surface area contributed by atoms with Gasteiger partial charge in [-0.25, -0.2) is 0 Å². The van der Waals surface area contributed by atoms with E-state index in [9.17, 15) is 9.59 Å². The van der Waals surface area contributed by atoms with Crippen molar-refractivity contribution >= 4 is 23.6 Å². The van der Waals surface area contributed by atoms with Gasteiger partial charge >= 0.3 is 0 Å². The largest absolute Gasteiger partial charge is 0.334 e. The smallest absolute Gasteiger partial charge is 0.249 e. The molecule has 4 rings (SSSR count). The summed E-state index contributed by atoms with van der Waals surface area (Å²) in [4.78, 5) is 28.1. The third kappa shape index (κ3) is 2.38. The van der Waals surface area contributed by atoms with Crippen LogP contribution < -0.4 is 5.32 Å². The van der Waals surface area contributed by atoms with Gasteiger partial charge < -0.3 is 15.1 Å². The number of hydrogen-bond donors (Lipinski definition) is 1. The molecule has 2 unspecified atom stereocenters. The van der Waals surface area contributed by atoms with Crippen molar-refractivity contribution in [2.75, 3.05) is 31.9 Å². The molecule has 6 heteroatoms. The number of nitrogens with zero attached hydrogens (tertiary/aromatic N) is 2. The van der Waals surface area contributed by atoms with Crippen LogP contribution in [0.3, 0.4) is 0 Å². The van der Waals surface area contributed by atoms with Crippen molar-refractivity contribution in [2.24, 2.45) is 5.92 Å². The Bertz CT molecular complexity index is 501. The highest BCUT2D eigenvalue weighted by atomic mass is 32.2. The number of carbonyl (C=O) groups is 2. The fourth-order valence-electron chi connectivity index (χ4n) is 3.76. The second-order valence-corrected chi connectivity index (χ2v) is 7.60. The molecule has 4 saturated heterocycles. The molecular formula is C15H21N3O2S. The Kier molecular flexibility index (Phi) is 3.46. The zero-order valence-electron chi connectivity index (χ0n) is 12.1. The molecule has 0 saturated carbocycles. The Morgan fingerprint density at radius 2 is 2.19 bits per heavy atom. The van der Waals surface area contributed by atoms with Gasteiger partial charge in [-0.1, -0.05) is 6.08 Å². The number of thioether (sulfide) groups is 1. The SMILES string of the molecule is O=C1C(=CC2CS[C@H]3CC(=O)N3C2)CCN1C1CCNC1. The molecule has 114 valence electrons. The van der Waals surface area contributed by atoms with Gasteiger partial charge in [-0.3, -0.25) is 9.59 Å². The molecule has 1 N–H and O–H groups in total. The van der Waals surface area contributed by atoms with Crippen LogP contribution >= 0.6 is 11.8 Å². The van der Waals surface area contributed by atoms with Crippen LogP contribution in [-0.4, -0.2) is 65.0 Å². The molecule has 0 aromatic carbocycles. The molecule has 3 atom stereocenters. The molecule has 5 nitrogen and oxygen atoms in total. The number of hydrogen-bond acceptors (Lipinski definition) is 4. The minimum absolute atomic E-state index is 0.228. The van der Waals surface area contributed by atoms with Crippen LogP contribution in [0.1, 0.15) is 19.3 Å². The molecule has 4 aliphatic heterocycles. The minimum atomic E-state index is 0.228. The van der Waals surface area contributed by atoms with E-state index in [4.69, 9.17) is 0 Å². The maximum atomic E-state index is 12.5. The molecule has 0 spiro atoms. The first kappa shape index (κ1) is 13.6. The van der Waals surface area contributed by atoms with Gasteiger partial charge in [0.1, 0.15) is 0 Å². The maximum Gasteiger partial charge on any atom is 0.249 e. The quantitative estimate of drug-likeness (QED) is 0.594. The number of rotatable bonds is 2. The summed E-state index contributed by atoms with van der Waals surface area (Å²) in [6, 6.07) is 0.380. The third-order valence-corrected chi connectivity index (χ3v) is 6.45. The lowest BCUT2D eigenvalue weighted by atomic mass is 10.0. The second kappa shape index (κ2) is 5.32. The van der Waals surface area contributed by atoms with Crippen LogP contribution in [0.25, 0.3) is 0 Å². The average Bonchev–Trinajstić information content (AvgIpc) is 3.10. The zero-order chi connectivity index (χ0) is 14.4. The summed E-state index contributed by atoms with van der Waals surface area (Å²) >= 11 is 1.86. The topological polar surface area (TPSA) is 52.7 Å². The average molecular weight is 307 g/mol. The number of likely N-dealkylation sites (tertiary alicyclic amines) is 1. The monoisotopic (exact) mass is 307 g/mol. The van der Waals surface area contributed by atoms with Gasteiger partial charge in [-0.15, -0.1) is 11.8 Å². The Morgan fingerprint density at radius 3 is 2.95 bits per heavy atom. The van der Waals surface area contributed by atoms with E-state index in [-0.39, 0.29) is 11.8 Å². The standard InChI is InChI=1S/C15H21N3O2S/c19-13-6-14-18(13)8-10(9-21-14)5-11-2-4-17(15(11)20)12-1-3-16-7-12/h5,10,12,14,16H,1-4,6-9H2/t10?,12?,14-/m0/s1. The van der Waals surface area contributed by atoms with E-state index in [1.54, 1.807) is 0 Å². The van der Waals surface area contributed by atoms with Crippen LogP contribution in [0.2, 0.25) is 0 Å². The first-order valence-electron chi connectivity index (χ1n) is 7.86. The highest BCUT2D eigenvalue weighted by Gasteiger charge is 2.41. The van der Waals surface area contributed by atoms with Gasteiger partial charge in [0.25, 0.3) is 0 Å². The molecule has 21 heavy (non-hydrogen) atoms. The van der Waals surface area contributed by atoms with E-state index < -0.39 is 0 Å². The van der Waals surface area contributed by atoms with E-state index in [2.05, 4.69) is 11.4 Å². The van der Waals surface area contributed by atoms with Crippen LogP contribution in [0.15, 0.2) is 11.6 Å². The Balaban J connectivity index is 1.42. The summed E-state index contributed by atoms with van der Waals surface area (Å²) in [5, 5.41) is 3.74.